The van der Waals surface area contributed by atoms with Gasteiger partial charge < -0.3 is 15.4 Å². The van der Waals surface area contributed by atoms with Crippen molar-refractivity contribution in [3.8, 4) is 5.88 Å². The standard InChI is InChI=1S/C29H30N4O2/c1-32-25-18-22(28(30)34)12-15-24(25)26(29(32)35)27(21-8-4-2-5-9-21)31-23-13-10-20(11-14-23)19-33-16-6-3-7-17-33/h2,4-5,8-15,18,35H,3,6-7,16-17,19H2,1H3,(H2,30,34). The number of benzene rings is 3. The molecule has 2 heterocycles. The zero-order valence-corrected chi connectivity index (χ0v) is 19.9. The molecule has 4 aromatic rings. The summed E-state index contributed by atoms with van der Waals surface area (Å²) >= 11 is 0. The number of carbonyl (C=O) groups is 1. The van der Waals surface area contributed by atoms with Crippen molar-refractivity contribution in [3.63, 3.8) is 0 Å². The van der Waals surface area contributed by atoms with Crippen LogP contribution >= 0.6 is 0 Å². The van der Waals surface area contributed by atoms with Crippen LogP contribution in [0.2, 0.25) is 0 Å². The third-order valence-electron chi connectivity index (χ3n) is 6.77. The average Bonchev–Trinajstić information content (AvgIpc) is 3.14. The van der Waals surface area contributed by atoms with E-state index in [1.54, 1.807) is 23.7 Å². The van der Waals surface area contributed by atoms with Crippen LogP contribution in [0.5, 0.6) is 5.88 Å². The lowest BCUT2D eigenvalue weighted by molar-refractivity contribution is 0.100. The Bertz CT molecular complexity index is 1380. The van der Waals surface area contributed by atoms with E-state index in [-0.39, 0.29) is 5.88 Å². The molecule has 0 bridgehead atoms. The van der Waals surface area contributed by atoms with Crippen LogP contribution in [0.4, 0.5) is 5.69 Å². The number of aromatic hydroxyl groups is 1. The number of carbonyl (C=O) groups excluding carboxylic acids is 1. The molecule has 0 atom stereocenters. The maximum Gasteiger partial charge on any atom is 0.248 e. The van der Waals surface area contributed by atoms with Crippen LogP contribution in [-0.4, -0.2) is 39.3 Å². The highest BCUT2D eigenvalue weighted by molar-refractivity contribution is 6.22. The molecule has 0 unspecified atom stereocenters. The Labute approximate surface area is 205 Å². The van der Waals surface area contributed by atoms with Gasteiger partial charge in [0.05, 0.1) is 22.5 Å². The predicted octanol–water partition coefficient (Wildman–Crippen LogP) is 5.14. The van der Waals surface area contributed by atoms with Crippen molar-refractivity contribution in [1.29, 1.82) is 0 Å². The van der Waals surface area contributed by atoms with Crippen molar-refractivity contribution in [2.45, 2.75) is 25.8 Å². The highest BCUT2D eigenvalue weighted by Crippen LogP contribution is 2.34. The second-order valence-corrected chi connectivity index (χ2v) is 9.18. The second kappa shape index (κ2) is 9.76. The van der Waals surface area contributed by atoms with E-state index in [1.165, 1.54) is 24.8 Å². The Morgan fingerprint density at radius 3 is 2.34 bits per heavy atom. The Kier molecular flexibility index (Phi) is 6.38. The van der Waals surface area contributed by atoms with Crippen molar-refractivity contribution in [2.24, 2.45) is 17.8 Å². The Morgan fingerprint density at radius 1 is 0.943 bits per heavy atom. The van der Waals surface area contributed by atoms with Crippen molar-refractivity contribution < 1.29 is 9.90 Å². The molecule has 178 valence electrons. The number of rotatable bonds is 6. The first kappa shape index (κ1) is 22.9. The minimum Gasteiger partial charge on any atom is -0.494 e. The molecule has 35 heavy (non-hydrogen) atoms. The molecule has 0 saturated carbocycles. The number of aryl methyl sites for hydroxylation is 1. The molecule has 1 aromatic heterocycles. The van der Waals surface area contributed by atoms with Gasteiger partial charge in [-0.25, -0.2) is 4.99 Å². The number of likely N-dealkylation sites (tertiary alicyclic amines) is 1. The fourth-order valence-corrected chi connectivity index (χ4v) is 4.85. The van der Waals surface area contributed by atoms with Gasteiger partial charge in [-0.15, -0.1) is 0 Å². The predicted molar refractivity (Wildman–Crippen MR) is 140 cm³/mol. The Morgan fingerprint density at radius 2 is 1.66 bits per heavy atom. The van der Waals surface area contributed by atoms with E-state index in [1.807, 2.05) is 48.5 Å². The van der Waals surface area contributed by atoms with Gasteiger partial charge in [0.25, 0.3) is 0 Å². The van der Waals surface area contributed by atoms with E-state index in [2.05, 4.69) is 17.0 Å². The van der Waals surface area contributed by atoms with Gasteiger partial charge in [0.15, 0.2) is 0 Å². The zero-order chi connectivity index (χ0) is 24.4. The van der Waals surface area contributed by atoms with Crippen LogP contribution in [0.1, 0.15) is 46.3 Å². The van der Waals surface area contributed by atoms with Gasteiger partial charge in [-0.1, -0.05) is 55.0 Å². The van der Waals surface area contributed by atoms with Crippen LogP contribution in [0.15, 0.2) is 77.8 Å². The summed E-state index contributed by atoms with van der Waals surface area (Å²) in [4.78, 5) is 19.2. The number of fused-ring (bicyclic) bond motifs is 1. The first-order valence-corrected chi connectivity index (χ1v) is 12.1. The number of nitrogens with zero attached hydrogens (tertiary/aromatic N) is 3. The van der Waals surface area contributed by atoms with Gasteiger partial charge in [-0.05, 0) is 55.8 Å². The van der Waals surface area contributed by atoms with E-state index >= 15 is 0 Å². The Balaban J connectivity index is 1.57. The number of hydrogen-bond acceptors (Lipinski definition) is 4. The third-order valence-corrected chi connectivity index (χ3v) is 6.77. The number of piperidine rings is 1. The van der Waals surface area contributed by atoms with Gasteiger partial charge in [0, 0.05) is 30.1 Å². The molecule has 6 nitrogen and oxygen atoms in total. The molecule has 5 rings (SSSR count). The molecule has 1 amide bonds. The fraction of sp³-hybridized carbons (Fsp3) is 0.241. The lowest BCUT2D eigenvalue weighted by Gasteiger charge is -2.26. The molecule has 0 spiro atoms. The Hall–Kier alpha value is -3.90. The highest BCUT2D eigenvalue weighted by Gasteiger charge is 2.22. The van der Waals surface area contributed by atoms with Gasteiger partial charge in [0.1, 0.15) is 0 Å². The number of primary amides is 1. The fourth-order valence-electron chi connectivity index (χ4n) is 4.85. The summed E-state index contributed by atoms with van der Waals surface area (Å²) in [5.74, 6) is -0.415. The minimum atomic E-state index is -0.504. The summed E-state index contributed by atoms with van der Waals surface area (Å²) in [5, 5.41) is 12.0. The largest absolute Gasteiger partial charge is 0.494 e. The quantitative estimate of drug-likeness (QED) is 0.386. The second-order valence-electron chi connectivity index (χ2n) is 9.18. The number of aliphatic imine (C=N–C) groups is 1. The van der Waals surface area contributed by atoms with Crippen molar-refractivity contribution >= 4 is 28.2 Å². The molecule has 0 radical (unpaired) electrons. The van der Waals surface area contributed by atoms with E-state index in [4.69, 9.17) is 10.7 Å². The summed E-state index contributed by atoms with van der Waals surface area (Å²) in [6, 6.07) is 23.4. The normalized spacial score (nSPS) is 14.9. The maximum atomic E-state index is 11.7. The van der Waals surface area contributed by atoms with Crippen LogP contribution < -0.4 is 5.73 Å². The van der Waals surface area contributed by atoms with Gasteiger partial charge in [-0.3, -0.25) is 9.69 Å². The summed E-state index contributed by atoms with van der Waals surface area (Å²) in [5.41, 5.74) is 10.9. The van der Waals surface area contributed by atoms with E-state index in [9.17, 15) is 9.90 Å². The van der Waals surface area contributed by atoms with Crippen molar-refractivity contribution in [3.05, 3.63) is 95.1 Å². The van der Waals surface area contributed by atoms with Gasteiger partial charge in [-0.2, -0.15) is 0 Å². The smallest absolute Gasteiger partial charge is 0.248 e. The first-order valence-electron chi connectivity index (χ1n) is 12.1. The first-order chi connectivity index (χ1) is 17.0. The zero-order valence-electron chi connectivity index (χ0n) is 19.9. The van der Waals surface area contributed by atoms with Crippen molar-refractivity contribution in [1.82, 2.24) is 9.47 Å². The van der Waals surface area contributed by atoms with Crippen molar-refractivity contribution in [2.75, 3.05) is 13.1 Å². The third kappa shape index (κ3) is 4.70. The van der Waals surface area contributed by atoms with Crippen LogP contribution in [0.3, 0.4) is 0 Å². The van der Waals surface area contributed by atoms with E-state index in [0.29, 0.717) is 22.4 Å². The number of aromatic nitrogens is 1. The lowest BCUT2D eigenvalue weighted by atomic mass is 10.00. The molecule has 3 N–H and O–H groups in total. The topological polar surface area (TPSA) is 83.8 Å². The SMILES string of the molecule is Cn1c(O)c(C(=Nc2ccc(CN3CCCCC3)cc2)c2ccccc2)c2ccc(C(N)=O)cc21. The minimum absolute atomic E-state index is 0.0888. The number of hydrogen-bond donors (Lipinski definition) is 2. The average molecular weight is 467 g/mol. The van der Waals surface area contributed by atoms with Crippen LogP contribution in [0, 0.1) is 0 Å². The van der Waals surface area contributed by atoms with Gasteiger partial charge in [0.2, 0.25) is 11.8 Å². The number of amides is 1. The molecular weight excluding hydrogens is 436 g/mol. The molecule has 3 aromatic carbocycles. The summed E-state index contributed by atoms with van der Waals surface area (Å²) in [6.07, 6.45) is 3.88. The molecule has 6 heteroatoms. The van der Waals surface area contributed by atoms with Crippen LogP contribution in [-0.2, 0) is 13.6 Å². The molecule has 1 aliphatic heterocycles. The monoisotopic (exact) mass is 466 g/mol. The number of nitrogens with two attached hydrogens (primary N) is 1. The summed E-state index contributed by atoms with van der Waals surface area (Å²) < 4.78 is 1.66. The van der Waals surface area contributed by atoms with Gasteiger partial charge >= 0.3 is 0 Å². The van der Waals surface area contributed by atoms with Crippen LogP contribution in [0.25, 0.3) is 10.9 Å². The molecular formula is C29H30N4O2. The molecule has 1 fully saturated rings. The van der Waals surface area contributed by atoms with E-state index < -0.39 is 5.91 Å². The summed E-state index contributed by atoms with van der Waals surface area (Å²) in [6.45, 7) is 3.29. The van der Waals surface area contributed by atoms with E-state index in [0.717, 1.165) is 36.3 Å². The molecule has 1 saturated heterocycles. The summed E-state index contributed by atoms with van der Waals surface area (Å²) in [7, 11) is 1.77. The maximum absolute atomic E-state index is 11.7. The molecule has 1 aliphatic rings. The lowest BCUT2D eigenvalue weighted by Crippen LogP contribution is -2.28. The highest BCUT2D eigenvalue weighted by atomic mass is 16.3. The molecule has 0 aliphatic carbocycles.